The molecule has 0 spiro atoms. The van der Waals surface area contributed by atoms with Crippen molar-refractivity contribution in [3.8, 4) is 17.5 Å². The third-order valence-electron chi connectivity index (χ3n) is 4.57. The van der Waals surface area contributed by atoms with E-state index in [1.807, 2.05) is 24.3 Å². The summed E-state index contributed by atoms with van der Waals surface area (Å²) in [5.74, 6) is 0.889. The average molecular weight is 379 g/mol. The van der Waals surface area contributed by atoms with Gasteiger partial charge in [-0.15, -0.1) is 0 Å². The topological polar surface area (TPSA) is 83.0 Å². The Kier molecular flexibility index (Phi) is 4.61. The number of halogens is 1. The Bertz CT molecular complexity index is 1010. The Morgan fingerprint density at radius 1 is 1.19 bits per heavy atom. The standard InChI is InChI=1S/C20H15ClN4O2/c21-17-7-3-14(4-8-17)11-25-12-16(9-18(25)26)19-23-20(27-24-19)15-5-1-13(10-22)2-6-15/h1-8,16H,9,11-12H2. The summed E-state index contributed by atoms with van der Waals surface area (Å²) >= 11 is 5.91. The Hall–Kier alpha value is -3.17. The fraction of sp³-hybridized carbons (Fsp3) is 0.200. The van der Waals surface area contributed by atoms with Crippen LogP contribution in [0, 0.1) is 11.3 Å². The molecule has 3 aromatic rings. The lowest BCUT2D eigenvalue weighted by molar-refractivity contribution is -0.128. The molecule has 0 radical (unpaired) electrons. The monoisotopic (exact) mass is 378 g/mol. The van der Waals surface area contributed by atoms with Crippen LogP contribution in [0.3, 0.4) is 0 Å². The molecule has 2 aromatic carbocycles. The number of carbonyl (C=O) groups is 1. The molecule has 1 unspecified atom stereocenters. The molecule has 2 heterocycles. The SMILES string of the molecule is N#Cc1ccc(-c2nc(C3CC(=O)N(Cc4ccc(Cl)cc4)C3)no2)cc1. The van der Waals surface area contributed by atoms with Gasteiger partial charge in [0.1, 0.15) is 0 Å². The quantitative estimate of drug-likeness (QED) is 0.689. The lowest BCUT2D eigenvalue weighted by atomic mass is 10.1. The first kappa shape index (κ1) is 17.3. The fourth-order valence-electron chi connectivity index (χ4n) is 3.11. The van der Waals surface area contributed by atoms with Gasteiger partial charge in [0.15, 0.2) is 5.82 Å². The molecule has 1 aliphatic heterocycles. The lowest BCUT2D eigenvalue weighted by Crippen LogP contribution is -2.24. The van der Waals surface area contributed by atoms with Crippen molar-refractivity contribution in [3.05, 3.63) is 70.5 Å². The van der Waals surface area contributed by atoms with Gasteiger partial charge in [0.05, 0.1) is 11.6 Å². The second kappa shape index (κ2) is 7.22. The van der Waals surface area contributed by atoms with E-state index in [0.717, 1.165) is 11.1 Å². The molecule has 1 amide bonds. The Labute approximate surface area is 161 Å². The van der Waals surface area contributed by atoms with Crippen molar-refractivity contribution in [3.63, 3.8) is 0 Å². The first-order valence-corrected chi connectivity index (χ1v) is 8.86. The number of amides is 1. The third kappa shape index (κ3) is 3.69. The van der Waals surface area contributed by atoms with E-state index < -0.39 is 0 Å². The first-order chi connectivity index (χ1) is 13.1. The van der Waals surface area contributed by atoms with Gasteiger partial charge in [0, 0.05) is 36.0 Å². The molecular weight excluding hydrogens is 364 g/mol. The molecule has 134 valence electrons. The van der Waals surface area contributed by atoms with E-state index in [-0.39, 0.29) is 11.8 Å². The zero-order valence-electron chi connectivity index (χ0n) is 14.3. The minimum absolute atomic E-state index is 0.0691. The maximum Gasteiger partial charge on any atom is 0.257 e. The molecule has 1 atom stereocenters. The zero-order chi connectivity index (χ0) is 18.8. The van der Waals surface area contributed by atoms with Crippen LogP contribution in [0.4, 0.5) is 0 Å². The molecule has 1 saturated heterocycles. The van der Waals surface area contributed by atoms with Gasteiger partial charge in [-0.05, 0) is 42.0 Å². The molecule has 27 heavy (non-hydrogen) atoms. The maximum absolute atomic E-state index is 12.4. The normalized spacial score (nSPS) is 16.5. The minimum atomic E-state index is -0.0966. The van der Waals surface area contributed by atoms with Gasteiger partial charge in [-0.1, -0.05) is 28.9 Å². The highest BCUT2D eigenvalue weighted by atomic mass is 35.5. The predicted molar refractivity (Wildman–Crippen MR) is 98.7 cm³/mol. The Morgan fingerprint density at radius 2 is 1.93 bits per heavy atom. The molecule has 0 aliphatic carbocycles. The van der Waals surface area contributed by atoms with E-state index in [4.69, 9.17) is 21.4 Å². The second-order valence-electron chi connectivity index (χ2n) is 6.45. The van der Waals surface area contributed by atoms with Crippen molar-refractivity contribution < 1.29 is 9.32 Å². The molecule has 7 heteroatoms. The molecule has 0 bridgehead atoms. The molecule has 0 N–H and O–H groups in total. The average Bonchev–Trinajstić information content (AvgIpc) is 3.31. The molecule has 0 saturated carbocycles. The summed E-state index contributed by atoms with van der Waals surface area (Å²) < 4.78 is 5.35. The van der Waals surface area contributed by atoms with E-state index >= 15 is 0 Å². The number of nitriles is 1. The van der Waals surface area contributed by atoms with Gasteiger partial charge in [-0.25, -0.2) is 0 Å². The second-order valence-corrected chi connectivity index (χ2v) is 6.89. The number of carbonyl (C=O) groups excluding carboxylic acids is 1. The van der Waals surface area contributed by atoms with Crippen LogP contribution < -0.4 is 0 Å². The minimum Gasteiger partial charge on any atom is -0.338 e. The van der Waals surface area contributed by atoms with Crippen LogP contribution in [0.1, 0.15) is 29.3 Å². The van der Waals surface area contributed by atoms with E-state index in [0.29, 0.717) is 41.8 Å². The number of hydrogen-bond acceptors (Lipinski definition) is 5. The summed E-state index contributed by atoms with van der Waals surface area (Å²) in [6.07, 6.45) is 0.361. The van der Waals surface area contributed by atoms with Crippen molar-refractivity contribution in [2.75, 3.05) is 6.54 Å². The van der Waals surface area contributed by atoms with Gasteiger partial charge in [-0.2, -0.15) is 10.2 Å². The molecule has 1 fully saturated rings. The van der Waals surface area contributed by atoms with Gasteiger partial charge >= 0.3 is 0 Å². The van der Waals surface area contributed by atoms with E-state index in [9.17, 15) is 4.79 Å². The third-order valence-corrected chi connectivity index (χ3v) is 4.82. The van der Waals surface area contributed by atoms with Crippen molar-refractivity contribution >= 4 is 17.5 Å². The van der Waals surface area contributed by atoms with Crippen molar-refractivity contribution in [1.82, 2.24) is 15.0 Å². The van der Waals surface area contributed by atoms with Crippen LogP contribution in [0.2, 0.25) is 5.02 Å². The van der Waals surface area contributed by atoms with Crippen LogP contribution in [0.15, 0.2) is 53.1 Å². The number of aromatic nitrogens is 2. The van der Waals surface area contributed by atoms with Crippen molar-refractivity contribution in [1.29, 1.82) is 5.26 Å². The fourth-order valence-corrected chi connectivity index (χ4v) is 3.24. The molecule has 1 aromatic heterocycles. The number of hydrogen-bond donors (Lipinski definition) is 0. The number of likely N-dealkylation sites (tertiary alicyclic amines) is 1. The first-order valence-electron chi connectivity index (χ1n) is 8.49. The van der Waals surface area contributed by atoms with E-state index in [1.54, 1.807) is 29.2 Å². The largest absolute Gasteiger partial charge is 0.338 e. The van der Waals surface area contributed by atoms with Crippen LogP contribution in [-0.2, 0) is 11.3 Å². The molecular formula is C20H15ClN4O2. The number of nitrogens with zero attached hydrogens (tertiary/aromatic N) is 4. The molecule has 4 rings (SSSR count). The highest BCUT2D eigenvalue weighted by molar-refractivity contribution is 6.30. The molecule has 1 aliphatic rings. The summed E-state index contributed by atoms with van der Waals surface area (Å²) in [6.45, 7) is 1.08. The van der Waals surface area contributed by atoms with Gasteiger partial charge < -0.3 is 9.42 Å². The van der Waals surface area contributed by atoms with E-state index in [2.05, 4.69) is 16.2 Å². The van der Waals surface area contributed by atoms with Gasteiger partial charge in [0.25, 0.3) is 5.89 Å². The van der Waals surface area contributed by atoms with Crippen LogP contribution >= 0.6 is 11.6 Å². The maximum atomic E-state index is 12.4. The van der Waals surface area contributed by atoms with Crippen LogP contribution in [0.25, 0.3) is 11.5 Å². The lowest BCUT2D eigenvalue weighted by Gasteiger charge is -2.16. The summed E-state index contributed by atoms with van der Waals surface area (Å²) in [5, 5.41) is 13.6. The van der Waals surface area contributed by atoms with Crippen LogP contribution in [0.5, 0.6) is 0 Å². The van der Waals surface area contributed by atoms with Gasteiger partial charge in [-0.3, -0.25) is 4.79 Å². The highest BCUT2D eigenvalue weighted by Crippen LogP contribution is 2.29. The van der Waals surface area contributed by atoms with Crippen LogP contribution in [-0.4, -0.2) is 27.5 Å². The predicted octanol–water partition coefficient (Wildman–Crippen LogP) is 3.78. The smallest absolute Gasteiger partial charge is 0.257 e. The zero-order valence-corrected chi connectivity index (χ0v) is 15.1. The van der Waals surface area contributed by atoms with Gasteiger partial charge in [0.2, 0.25) is 5.91 Å². The van der Waals surface area contributed by atoms with E-state index in [1.165, 1.54) is 0 Å². The summed E-state index contributed by atoms with van der Waals surface area (Å²) in [6, 6.07) is 16.5. The Balaban J connectivity index is 1.46. The summed E-state index contributed by atoms with van der Waals surface area (Å²) in [4.78, 5) is 18.6. The van der Waals surface area contributed by atoms with Crippen molar-refractivity contribution in [2.45, 2.75) is 18.9 Å². The number of rotatable bonds is 4. The van der Waals surface area contributed by atoms with Crippen molar-refractivity contribution in [2.24, 2.45) is 0 Å². The molecule has 6 nitrogen and oxygen atoms in total. The highest BCUT2D eigenvalue weighted by Gasteiger charge is 2.33. The number of benzene rings is 2. The Morgan fingerprint density at radius 3 is 2.63 bits per heavy atom. The summed E-state index contributed by atoms with van der Waals surface area (Å²) in [5.41, 5.74) is 2.34. The summed E-state index contributed by atoms with van der Waals surface area (Å²) in [7, 11) is 0.